The number of carbonyl (C=O) groups excluding carboxylic acids is 1. The number of carbonyl (C=O) groups is 1. The van der Waals surface area contributed by atoms with E-state index >= 15 is 0 Å². The molecule has 0 saturated carbocycles. The van der Waals surface area contributed by atoms with Gasteiger partial charge in [0.1, 0.15) is 4.60 Å². The molecule has 0 aliphatic carbocycles. The molecule has 1 aromatic rings. The van der Waals surface area contributed by atoms with Crippen LogP contribution in [-0.2, 0) is 10.3 Å². The summed E-state index contributed by atoms with van der Waals surface area (Å²) >= 11 is 3.17. The van der Waals surface area contributed by atoms with Crippen LogP contribution in [0.3, 0.4) is 0 Å². The van der Waals surface area contributed by atoms with Gasteiger partial charge < -0.3 is 9.84 Å². The van der Waals surface area contributed by atoms with Gasteiger partial charge >= 0.3 is 0 Å². The van der Waals surface area contributed by atoms with Gasteiger partial charge in [-0.2, -0.15) is 0 Å². The van der Waals surface area contributed by atoms with Gasteiger partial charge in [-0.05, 0) is 35.9 Å². The maximum atomic E-state index is 11.1. The SMILES string of the molecule is C=CC(=O)NC(C)(C)c1cc(Br)no1. The van der Waals surface area contributed by atoms with Gasteiger partial charge in [-0.3, -0.25) is 4.79 Å². The molecule has 0 bridgehead atoms. The quantitative estimate of drug-likeness (QED) is 0.844. The van der Waals surface area contributed by atoms with E-state index in [-0.39, 0.29) is 5.91 Å². The van der Waals surface area contributed by atoms with Crippen molar-refractivity contribution in [3.8, 4) is 0 Å². The molecule has 0 aliphatic heterocycles. The molecule has 76 valence electrons. The third-order valence-electron chi connectivity index (χ3n) is 1.72. The molecule has 0 atom stereocenters. The number of nitrogens with zero attached hydrogens (tertiary/aromatic N) is 1. The summed E-state index contributed by atoms with van der Waals surface area (Å²) in [4.78, 5) is 11.1. The molecule has 0 saturated heterocycles. The van der Waals surface area contributed by atoms with Crippen molar-refractivity contribution in [3.05, 3.63) is 29.1 Å². The van der Waals surface area contributed by atoms with Gasteiger partial charge in [0.15, 0.2) is 5.76 Å². The van der Waals surface area contributed by atoms with E-state index < -0.39 is 5.54 Å². The lowest BCUT2D eigenvalue weighted by Crippen LogP contribution is -2.39. The van der Waals surface area contributed by atoms with Gasteiger partial charge in [0.05, 0.1) is 5.54 Å². The summed E-state index contributed by atoms with van der Waals surface area (Å²) in [5.74, 6) is 0.335. The van der Waals surface area contributed by atoms with Crippen LogP contribution in [0.5, 0.6) is 0 Å². The molecule has 0 radical (unpaired) electrons. The Morgan fingerprint density at radius 2 is 2.43 bits per heavy atom. The fourth-order valence-corrected chi connectivity index (χ4v) is 1.25. The first kappa shape index (κ1) is 11.0. The van der Waals surface area contributed by atoms with Crippen molar-refractivity contribution in [1.29, 1.82) is 0 Å². The normalized spacial score (nSPS) is 11.1. The lowest BCUT2D eigenvalue weighted by molar-refractivity contribution is -0.118. The number of nitrogens with one attached hydrogen (secondary N) is 1. The standard InChI is InChI=1S/C9H11BrN2O2/c1-4-8(13)11-9(2,3)6-5-7(10)12-14-6/h4-5H,1H2,2-3H3,(H,11,13). The van der Waals surface area contributed by atoms with E-state index in [4.69, 9.17) is 4.52 Å². The third kappa shape index (κ3) is 2.45. The Kier molecular flexibility index (Phi) is 3.10. The zero-order valence-corrected chi connectivity index (χ0v) is 9.59. The van der Waals surface area contributed by atoms with Crippen molar-refractivity contribution in [2.45, 2.75) is 19.4 Å². The molecule has 0 fully saturated rings. The first-order valence-corrected chi connectivity index (χ1v) is 4.82. The Balaban J connectivity index is 2.84. The van der Waals surface area contributed by atoms with E-state index in [2.05, 4.69) is 33.0 Å². The molecule has 0 aromatic carbocycles. The van der Waals surface area contributed by atoms with Gasteiger partial charge in [-0.1, -0.05) is 11.7 Å². The Bertz CT molecular complexity index is 357. The van der Waals surface area contributed by atoms with E-state index in [1.807, 2.05) is 13.8 Å². The molecular weight excluding hydrogens is 248 g/mol. The Morgan fingerprint density at radius 1 is 1.79 bits per heavy atom. The first-order chi connectivity index (χ1) is 6.45. The molecule has 5 heteroatoms. The smallest absolute Gasteiger partial charge is 0.244 e. The number of halogens is 1. The highest BCUT2D eigenvalue weighted by Crippen LogP contribution is 2.22. The van der Waals surface area contributed by atoms with Crippen LogP contribution in [0.15, 0.2) is 27.8 Å². The first-order valence-electron chi connectivity index (χ1n) is 4.03. The topological polar surface area (TPSA) is 55.1 Å². The molecule has 0 unspecified atom stereocenters. The van der Waals surface area contributed by atoms with Crippen LogP contribution in [0.25, 0.3) is 0 Å². The van der Waals surface area contributed by atoms with E-state index in [0.29, 0.717) is 10.4 Å². The molecule has 1 rings (SSSR count). The fraction of sp³-hybridized carbons (Fsp3) is 0.333. The van der Waals surface area contributed by atoms with Gasteiger partial charge in [0.2, 0.25) is 5.91 Å². The van der Waals surface area contributed by atoms with Crippen LogP contribution < -0.4 is 5.32 Å². The van der Waals surface area contributed by atoms with Gasteiger partial charge in [-0.15, -0.1) is 0 Å². The van der Waals surface area contributed by atoms with Gasteiger partial charge in [0, 0.05) is 6.07 Å². The van der Waals surface area contributed by atoms with Gasteiger partial charge in [-0.25, -0.2) is 0 Å². The Morgan fingerprint density at radius 3 is 2.86 bits per heavy atom. The van der Waals surface area contributed by atoms with E-state index in [1.165, 1.54) is 6.08 Å². The molecule has 1 aromatic heterocycles. The lowest BCUT2D eigenvalue weighted by Gasteiger charge is -2.21. The van der Waals surface area contributed by atoms with Crippen molar-refractivity contribution in [2.75, 3.05) is 0 Å². The van der Waals surface area contributed by atoms with Crippen LogP contribution in [-0.4, -0.2) is 11.1 Å². The lowest BCUT2D eigenvalue weighted by atomic mass is 10.0. The predicted octanol–water partition coefficient (Wildman–Crippen LogP) is 1.97. The zero-order chi connectivity index (χ0) is 10.8. The summed E-state index contributed by atoms with van der Waals surface area (Å²) in [6.45, 7) is 7.02. The number of hydrogen-bond acceptors (Lipinski definition) is 3. The van der Waals surface area contributed by atoms with Gasteiger partial charge in [0.25, 0.3) is 0 Å². The monoisotopic (exact) mass is 258 g/mol. The van der Waals surface area contributed by atoms with Crippen molar-refractivity contribution in [1.82, 2.24) is 10.5 Å². The van der Waals surface area contributed by atoms with Crippen molar-refractivity contribution >= 4 is 21.8 Å². The third-order valence-corrected chi connectivity index (χ3v) is 2.09. The summed E-state index contributed by atoms with van der Waals surface area (Å²) < 4.78 is 5.63. The average molecular weight is 259 g/mol. The number of hydrogen-bond donors (Lipinski definition) is 1. The number of aromatic nitrogens is 1. The Hall–Kier alpha value is -1.10. The molecule has 1 N–H and O–H groups in total. The van der Waals surface area contributed by atoms with E-state index in [9.17, 15) is 4.79 Å². The van der Waals surface area contributed by atoms with Crippen LogP contribution >= 0.6 is 15.9 Å². The minimum atomic E-state index is -0.593. The zero-order valence-electron chi connectivity index (χ0n) is 8.00. The highest BCUT2D eigenvalue weighted by molar-refractivity contribution is 9.10. The summed E-state index contributed by atoms with van der Waals surface area (Å²) in [5, 5.41) is 6.40. The average Bonchev–Trinajstić information content (AvgIpc) is 2.51. The largest absolute Gasteiger partial charge is 0.358 e. The molecule has 0 aliphatic rings. The Labute approximate surface area is 90.5 Å². The maximum absolute atomic E-state index is 11.1. The predicted molar refractivity (Wildman–Crippen MR) is 55.6 cm³/mol. The molecule has 1 amide bonds. The summed E-state index contributed by atoms with van der Waals surface area (Å²) in [7, 11) is 0. The van der Waals surface area contributed by atoms with Crippen molar-refractivity contribution in [2.24, 2.45) is 0 Å². The van der Waals surface area contributed by atoms with Crippen LogP contribution in [0.2, 0.25) is 0 Å². The number of amides is 1. The van der Waals surface area contributed by atoms with Crippen molar-refractivity contribution < 1.29 is 9.32 Å². The van der Waals surface area contributed by atoms with Crippen LogP contribution in [0.4, 0.5) is 0 Å². The van der Waals surface area contributed by atoms with Crippen LogP contribution in [0, 0.1) is 0 Å². The minimum absolute atomic E-state index is 0.248. The highest BCUT2D eigenvalue weighted by Gasteiger charge is 2.26. The molecule has 1 heterocycles. The molecule has 4 nitrogen and oxygen atoms in total. The fourth-order valence-electron chi connectivity index (χ4n) is 0.969. The maximum Gasteiger partial charge on any atom is 0.244 e. The van der Waals surface area contributed by atoms with E-state index in [1.54, 1.807) is 6.07 Å². The highest BCUT2D eigenvalue weighted by atomic mass is 79.9. The summed E-state index contributed by atoms with van der Waals surface area (Å²) in [6, 6.07) is 1.71. The minimum Gasteiger partial charge on any atom is -0.358 e. The summed E-state index contributed by atoms with van der Waals surface area (Å²) in [5.41, 5.74) is -0.593. The summed E-state index contributed by atoms with van der Waals surface area (Å²) in [6.07, 6.45) is 1.22. The molecular formula is C9H11BrN2O2. The second-order valence-corrected chi connectivity index (χ2v) is 4.14. The molecule has 14 heavy (non-hydrogen) atoms. The van der Waals surface area contributed by atoms with Crippen molar-refractivity contribution in [3.63, 3.8) is 0 Å². The van der Waals surface area contributed by atoms with Crippen LogP contribution in [0.1, 0.15) is 19.6 Å². The van der Waals surface area contributed by atoms with E-state index in [0.717, 1.165) is 0 Å². The second kappa shape index (κ2) is 3.96. The number of rotatable bonds is 3. The second-order valence-electron chi connectivity index (χ2n) is 3.33. The molecule has 0 spiro atoms.